The van der Waals surface area contributed by atoms with E-state index in [0.29, 0.717) is 5.69 Å². The van der Waals surface area contributed by atoms with Gasteiger partial charge in [0, 0.05) is 11.6 Å². The van der Waals surface area contributed by atoms with Gasteiger partial charge in [-0.25, -0.2) is 4.98 Å². The lowest BCUT2D eigenvalue weighted by molar-refractivity contribution is 0.0995. The van der Waals surface area contributed by atoms with Crippen LogP contribution in [-0.2, 0) is 0 Å². The molecule has 0 spiro atoms. The number of carbonyl (C=O) groups is 1. The lowest BCUT2D eigenvalue weighted by atomic mass is 10.2. The summed E-state index contributed by atoms with van der Waals surface area (Å²) in [6.45, 7) is 1.85. The quantitative estimate of drug-likeness (QED) is 0.722. The Kier molecular flexibility index (Phi) is 1.90. The topological polar surface area (TPSA) is 60.4 Å². The molecule has 0 aliphatic carbocycles. The molecule has 0 aliphatic rings. The lowest BCUT2D eigenvalue weighted by Crippen LogP contribution is -2.16. The Morgan fingerprint density at radius 2 is 2.54 bits per heavy atom. The van der Waals surface area contributed by atoms with Crippen molar-refractivity contribution in [2.24, 2.45) is 5.73 Å². The molecule has 0 atom stereocenters. The van der Waals surface area contributed by atoms with Crippen LogP contribution in [0.25, 0.3) is 4.96 Å². The fourth-order valence-electron chi connectivity index (χ4n) is 1.33. The van der Waals surface area contributed by atoms with Gasteiger partial charge in [0.1, 0.15) is 5.69 Å². The summed E-state index contributed by atoms with van der Waals surface area (Å²) in [6.07, 6.45) is 1.84. The van der Waals surface area contributed by atoms with Crippen LogP contribution in [0.2, 0.25) is 0 Å². The Labute approximate surface area is 79.0 Å². The van der Waals surface area contributed by atoms with Gasteiger partial charge in [-0.1, -0.05) is 0 Å². The van der Waals surface area contributed by atoms with Crippen molar-refractivity contribution in [3.8, 4) is 0 Å². The molecule has 2 N–H and O–H groups in total. The van der Waals surface area contributed by atoms with Crippen molar-refractivity contribution < 1.29 is 4.79 Å². The Morgan fingerprint density at radius 3 is 3.23 bits per heavy atom. The van der Waals surface area contributed by atoms with Crippen molar-refractivity contribution in [2.45, 2.75) is 6.92 Å². The second kappa shape index (κ2) is 2.93. The Hall–Kier alpha value is -1.20. The maximum absolute atomic E-state index is 11.4. The zero-order chi connectivity index (χ0) is 9.42. The van der Waals surface area contributed by atoms with E-state index in [0.717, 1.165) is 10.7 Å². The average Bonchev–Trinajstić information content (AvgIpc) is 2.62. The van der Waals surface area contributed by atoms with Gasteiger partial charge in [-0.2, -0.15) is 0 Å². The van der Waals surface area contributed by atoms with Gasteiger partial charge >= 0.3 is 0 Å². The van der Waals surface area contributed by atoms with Crippen LogP contribution in [-0.4, -0.2) is 21.7 Å². The minimum Gasteiger partial charge on any atom is -0.324 e. The van der Waals surface area contributed by atoms with Crippen molar-refractivity contribution in [1.29, 1.82) is 0 Å². The van der Waals surface area contributed by atoms with E-state index in [9.17, 15) is 4.79 Å². The molecule has 0 aliphatic heterocycles. The van der Waals surface area contributed by atoms with E-state index >= 15 is 0 Å². The normalized spacial score (nSPS) is 10.9. The number of aryl methyl sites for hydroxylation is 1. The number of Topliss-reactive ketones (excluding diaryl/α,β-unsaturated/α-hetero) is 1. The van der Waals surface area contributed by atoms with Crippen LogP contribution in [0.15, 0.2) is 11.6 Å². The average molecular weight is 195 g/mol. The summed E-state index contributed by atoms with van der Waals surface area (Å²) in [6, 6.07) is 0. The molecular formula is C8H9N3OS. The number of imidazole rings is 1. The molecule has 2 aromatic rings. The fraction of sp³-hybridized carbons (Fsp3) is 0.250. The summed E-state index contributed by atoms with van der Waals surface area (Å²) in [7, 11) is 0. The molecule has 2 rings (SSSR count). The summed E-state index contributed by atoms with van der Waals surface area (Å²) >= 11 is 1.51. The third-order valence-electron chi connectivity index (χ3n) is 1.89. The molecule has 5 heteroatoms. The Balaban J connectivity index is 2.70. The second-order valence-electron chi connectivity index (χ2n) is 2.73. The van der Waals surface area contributed by atoms with Crippen LogP contribution in [0, 0.1) is 6.92 Å². The predicted molar refractivity (Wildman–Crippen MR) is 51.2 cm³/mol. The van der Waals surface area contributed by atoms with E-state index in [1.165, 1.54) is 11.3 Å². The monoisotopic (exact) mass is 195 g/mol. The maximum Gasteiger partial charge on any atom is 0.194 e. The van der Waals surface area contributed by atoms with E-state index in [2.05, 4.69) is 4.98 Å². The molecule has 13 heavy (non-hydrogen) atoms. The molecule has 2 heterocycles. The first-order chi connectivity index (χ1) is 6.24. The van der Waals surface area contributed by atoms with Crippen molar-refractivity contribution >= 4 is 22.1 Å². The highest BCUT2D eigenvalue weighted by molar-refractivity contribution is 7.15. The van der Waals surface area contributed by atoms with Crippen LogP contribution in [0.3, 0.4) is 0 Å². The Bertz CT molecular complexity index is 457. The second-order valence-corrected chi connectivity index (χ2v) is 3.60. The van der Waals surface area contributed by atoms with Crippen molar-refractivity contribution in [3.05, 3.63) is 23.0 Å². The van der Waals surface area contributed by atoms with E-state index < -0.39 is 0 Å². The number of hydrogen-bond acceptors (Lipinski definition) is 4. The standard InChI is InChI=1S/C8H9N3OS/c1-5-7(6(12)4-9)11-2-3-13-8(11)10-5/h2-3H,4,9H2,1H3. The first-order valence-corrected chi connectivity index (χ1v) is 4.77. The number of ketones is 1. The molecule has 68 valence electrons. The van der Waals surface area contributed by atoms with Gasteiger partial charge in [-0.05, 0) is 6.92 Å². The zero-order valence-corrected chi connectivity index (χ0v) is 7.97. The van der Waals surface area contributed by atoms with Crippen molar-refractivity contribution in [2.75, 3.05) is 6.54 Å². The van der Waals surface area contributed by atoms with Crippen LogP contribution in [0.5, 0.6) is 0 Å². The molecule has 0 amide bonds. The SMILES string of the molecule is Cc1nc2sccn2c1C(=O)CN. The molecule has 4 nitrogen and oxygen atoms in total. The van der Waals surface area contributed by atoms with Gasteiger partial charge in [0.25, 0.3) is 0 Å². The molecule has 0 aromatic carbocycles. The van der Waals surface area contributed by atoms with Gasteiger partial charge in [-0.15, -0.1) is 11.3 Å². The van der Waals surface area contributed by atoms with Gasteiger partial charge < -0.3 is 5.73 Å². The smallest absolute Gasteiger partial charge is 0.194 e. The number of rotatable bonds is 2. The Morgan fingerprint density at radius 1 is 1.77 bits per heavy atom. The van der Waals surface area contributed by atoms with Crippen LogP contribution >= 0.6 is 11.3 Å². The van der Waals surface area contributed by atoms with Crippen molar-refractivity contribution in [3.63, 3.8) is 0 Å². The number of aromatic nitrogens is 2. The number of thiazole rings is 1. The molecule has 0 radical (unpaired) electrons. The largest absolute Gasteiger partial charge is 0.324 e. The number of fused-ring (bicyclic) bond motifs is 1. The van der Waals surface area contributed by atoms with Gasteiger partial charge in [0.05, 0.1) is 12.2 Å². The van der Waals surface area contributed by atoms with Crippen LogP contribution in [0.4, 0.5) is 0 Å². The van der Waals surface area contributed by atoms with Gasteiger partial charge in [0.2, 0.25) is 0 Å². The van der Waals surface area contributed by atoms with E-state index in [1.54, 1.807) is 4.40 Å². The molecule has 0 saturated carbocycles. The molecule has 2 aromatic heterocycles. The van der Waals surface area contributed by atoms with E-state index in [-0.39, 0.29) is 12.3 Å². The number of nitrogens with two attached hydrogens (primary N) is 1. The number of carbonyl (C=O) groups excluding carboxylic acids is 1. The summed E-state index contributed by atoms with van der Waals surface area (Å²) in [5.74, 6) is -0.0663. The molecular weight excluding hydrogens is 186 g/mol. The van der Waals surface area contributed by atoms with E-state index in [4.69, 9.17) is 5.73 Å². The maximum atomic E-state index is 11.4. The van der Waals surface area contributed by atoms with Gasteiger partial charge in [0.15, 0.2) is 10.7 Å². The highest BCUT2D eigenvalue weighted by Crippen LogP contribution is 2.16. The first kappa shape index (κ1) is 8.40. The molecule has 0 unspecified atom stereocenters. The molecule has 0 saturated heterocycles. The third kappa shape index (κ3) is 1.16. The number of hydrogen-bond donors (Lipinski definition) is 1. The third-order valence-corrected chi connectivity index (χ3v) is 2.64. The summed E-state index contributed by atoms with van der Waals surface area (Å²) < 4.78 is 1.79. The van der Waals surface area contributed by atoms with Crippen molar-refractivity contribution in [1.82, 2.24) is 9.38 Å². The van der Waals surface area contributed by atoms with E-state index in [1.807, 2.05) is 18.5 Å². The first-order valence-electron chi connectivity index (χ1n) is 3.89. The molecule has 0 fully saturated rings. The number of nitrogens with zero attached hydrogens (tertiary/aromatic N) is 2. The minimum atomic E-state index is -0.0663. The molecule has 0 bridgehead atoms. The predicted octanol–water partition coefficient (Wildman–Crippen LogP) is 0.846. The van der Waals surface area contributed by atoms with Crippen LogP contribution < -0.4 is 5.73 Å². The minimum absolute atomic E-state index is 0.0322. The lowest BCUT2D eigenvalue weighted by Gasteiger charge is -1.95. The van der Waals surface area contributed by atoms with Gasteiger partial charge in [-0.3, -0.25) is 9.20 Å². The highest BCUT2D eigenvalue weighted by atomic mass is 32.1. The van der Waals surface area contributed by atoms with Crippen LogP contribution in [0.1, 0.15) is 16.2 Å². The summed E-state index contributed by atoms with van der Waals surface area (Å²) in [4.78, 5) is 16.5. The summed E-state index contributed by atoms with van der Waals surface area (Å²) in [5, 5.41) is 1.90. The summed E-state index contributed by atoms with van der Waals surface area (Å²) in [5.41, 5.74) is 6.67. The zero-order valence-electron chi connectivity index (χ0n) is 7.15. The fourth-order valence-corrected chi connectivity index (χ4v) is 2.09. The highest BCUT2D eigenvalue weighted by Gasteiger charge is 2.15.